The molecule has 0 N–H and O–H groups in total. The van der Waals surface area contributed by atoms with Gasteiger partial charge < -0.3 is 0 Å². The Labute approximate surface area is 77.7 Å². The summed E-state index contributed by atoms with van der Waals surface area (Å²) in [4.78, 5) is 23.1. The molecule has 0 spiro atoms. The van der Waals surface area contributed by atoms with Crippen molar-refractivity contribution in [2.45, 2.75) is 32.1 Å². The summed E-state index contributed by atoms with van der Waals surface area (Å²) in [7, 11) is 0. The van der Waals surface area contributed by atoms with E-state index in [4.69, 9.17) is 0 Å². The third kappa shape index (κ3) is 0.839. The molecule has 70 valence electrons. The van der Waals surface area contributed by atoms with Crippen LogP contribution in [-0.2, 0) is 9.59 Å². The molecule has 0 amide bonds. The molecule has 13 heavy (non-hydrogen) atoms. The number of carbonyl (C=O) groups excluding carboxylic acids is 2. The molecule has 2 nitrogen and oxygen atoms in total. The molecule has 0 aliphatic heterocycles. The van der Waals surface area contributed by atoms with Crippen molar-refractivity contribution in [1.82, 2.24) is 0 Å². The Bertz CT molecular complexity index is 282. The van der Waals surface area contributed by atoms with Crippen LogP contribution in [0.25, 0.3) is 0 Å². The first-order valence-electron chi connectivity index (χ1n) is 5.35. The summed E-state index contributed by atoms with van der Waals surface area (Å²) in [5.74, 6) is 1.84. The number of rotatable bonds is 0. The molecule has 0 unspecified atom stereocenters. The summed E-state index contributed by atoms with van der Waals surface area (Å²) in [6.45, 7) is 0. The monoisotopic (exact) mass is 178 g/mol. The van der Waals surface area contributed by atoms with Gasteiger partial charge in [-0.15, -0.1) is 0 Å². The minimum atomic E-state index is -0.149. The lowest BCUT2D eigenvalue weighted by Gasteiger charge is -2.52. The SMILES string of the molecule is O=C1CC[C@@H]2CCC[C@@H]3C(=O)[C@H]1[C@H]23. The predicted octanol–water partition coefficient (Wildman–Crippen LogP) is 1.58. The molecule has 2 heteroatoms. The topological polar surface area (TPSA) is 34.1 Å². The fourth-order valence-electron chi connectivity index (χ4n) is 3.64. The molecule has 0 heterocycles. The summed E-state index contributed by atoms with van der Waals surface area (Å²) in [5, 5.41) is 0. The van der Waals surface area contributed by atoms with Crippen LogP contribution >= 0.6 is 0 Å². The van der Waals surface area contributed by atoms with Crippen molar-refractivity contribution in [3.8, 4) is 0 Å². The van der Waals surface area contributed by atoms with Crippen LogP contribution < -0.4 is 0 Å². The van der Waals surface area contributed by atoms with E-state index < -0.39 is 0 Å². The maximum absolute atomic E-state index is 11.6. The molecule has 0 aromatic rings. The smallest absolute Gasteiger partial charge is 0.147 e. The third-order valence-corrected chi connectivity index (χ3v) is 4.26. The maximum atomic E-state index is 11.6. The average Bonchev–Trinajstić information content (AvgIpc) is 2.15. The van der Waals surface area contributed by atoms with E-state index in [1.807, 2.05) is 0 Å². The van der Waals surface area contributed by atoms with Gasteiger partial charge in [0.15, 0.2) is 0 Å². The van der Waals surface area contributed by atoms with Crippen molar-refractivity contribution in [1.29, 1.82) is 0 Å². The minimum absolute atomic E-state index is 0.149. The second-order valence-corrected chi connectivity index (χ2v) is 4.76. The normalized spacial score (nSPS) is 48.3. The summed E-state index contributed by atoms with van der Waals surface area (Å²) < 4.78 is 0. The van der Waals surface area contributed by atoms with Gasteiger partial charge in [0.25, 0.3) is 0 Å². The molecule has 0 radical (unpaired) electrons. The van der Waals surface area contributed by atoms with Crippen molar-refractivity contribution < 1.29 is 9.59 Å². The van der Waals surface area contributed by atoms with Gasteiger partial charge in [0.2, 0.25) is 0 Å². The van der Waals surface area contributed by atoms with E-state index in [1.165, 1.54) is 12.8 Å². The highest BCUT2D eigenvalue weighted by molar-refractivity contribution is 6.09. The standard InChI is InChI=1S/C11H14O2/c12-8-5-4-6-2-1-3-7-9(6)10(8)11(7)13/h6-7,9-10H,1-5H2/t6-,7-,9+,10+/m0/s1. The van der Waals surface area contributed by atoms with Crippen LogP contribution in [-0.4, -0.2) is 11.6 Å². The fraction of sp³-hybridized carbons (Fsp3) is 0.818. The van der Waals surface area contributed by atoms with Gasteiger partial charge in [-0.3, -0.25) is 9.59 Å². The fourth-order valence-corrected chi connectivity index (χ4v) is 3.64. The van der Waals surface area contributed by atoms with E-state index in [0.717, 1.165) is 12.8 Å². The summed E-state index contributed by atoms with van der Waals surface area (Å²) in [6.07, 6.45) is 5.26. The van der Waals surface area contributed by atoms with E-state index in [1.54, 1.807) is 0 Å². The van der Waals surface area contributed by atoms with E-state index in [2.05, 4.69) is 0 Å². The van der Waals surface area contributed by atoms with Crippen molar-refractivity contribution >= 4 is 11.6 Å². The summed E-state index contributed by atoms with van der Waals surface area (Å²) >= 11 is 0. The first kappa shape index (κ1) is 7.72. The van der Waals surface area contributed by atoms with E-state index in [0.29, 0.717) is 18.3 Å². The zero-order valence-electron chi connectivity index (χ0n) is 7.66. The molecule has 0 bridgehead atoms. The summed E-state index contributed by atoms with van der Waals surface area (Å²) in [5.41, 5.74) is 0. The minimum Gasteiger partial charge on any atom is -0.299 e. The van der Waals surface area contributed by atoms with Crippen LogP contribution in [0.15, 0.2) is 0 Å². The maximum Gasteiger partial charge on any atom is 0.147 e. The highest BCUT2D eigenvalue weighted by Crippen LogP contribution is 2.54. The van der Waals surface area contributed by atoms with Gasteiger partial charge in [0, 0.05) is 12.3 Å². The van der Waals surface area contributed by atoms with Gasteiger partial charge in [-0.05, 0) is 24.7 Å². The summed E-state index contributed by atoms with van der Waals surface area (Å²) in [6, 6.07) is 0. The number of carbonyl (C=O) groups is 2. The molecule has 3 aliphatic rings. The van der Waals surface area contributed by atoms with Gasteiger partial charge in [-0.25, -0.2) is 0 Å². The van der Waals surface area contributed by atoms with Crippen molar-refractivity contribution in [3.05, 3.63) is 0 Å². The van der Waals surface area contributed by atoms with Gasteiger partial charge in [-0.2, -0.15) is 0 Å². The largest absolute Gasteiger partial charge is 0.299 e. The Kier molecular flexibility index (Phi) is 1.44. The molecule has 3 aliphatic carbocycles. The van der Waals surface area contributed by atoms with Crippen molar-refractivity contribution in [2.75, 3.05) is 0 Å². The molecular formula is C11H14O2. The van der Waals surface area contributed by atoms with Gasteiger partial charge in [0.1, 0.15) is 11.6 Å². The number of Topliss-reactive ketones (excluding diaryl/α,β-unsaturated/α-hetero) is 2. The van der Waals surface area contributed by atoms with Crippen LogP contribution in [0, 0.1) is 23.7 Å². The number of hydrogen-bond donors (Lipinski definition) is 0. The van der Waals surface area contributed by atoms with E-state index in [-0.39, 0.29) is 23.4 Å². The van der Waals surface area contributed by atoms with Crippen molar-refractivity contribution in [2.24, 2.45) is 23.7 Å². The number of hydrogen-bond acceptors (Lipinski definition) is 2. The van der Waals surface area contributed by atoms with Crippen LogP contribution in [0.4, 0.5) is 0 Å². The molecule has 0 aromatic heterocycles. The van der Waals surface area contributed by atoms with E-state index >= 15 is 0 Å². The number of ketones is 2. The van der Waals surface area contributed by atoms with Crippen LogP contribution in [0.3, 0.4) is 0 Å². The van der Waals surface area contributed by atoms with Gasteiger partial charge >= 0.3 is 0 Å². The lowest BCUT2D eigenvalue weighted by molar-refractivity contribution is -0.161. The Balaban J connectivity index is 1.92. The second-order valence-electron chi connectivity index (χ2n) is 4.76. The van der Waals surface area contributed by atoms with Gasteiger partial charge in [0.05, 0.1) is 5.92 Å². The lowest BCUT2D eigenvalue weighted by Crippen LogP contribution is -2.58. The highest BCUT2D eigenvalue weighted by atomic mass is 16.2. The molecule has 3 fully saturated rings. The molecule has 3 rings (SSSR count). The lowest BCUT2D eigenvalue weighted by atomic mass is 9.49. The quantitative estimate of drug-likeness (QED) is 0.528. The first-order valence-corrected chi connectivity index (χ1v) is 5.35. The molecular weight excluding hydrogens is 164 g/mol. The Hall–Kier alpha value is -0.660. The zero-order valence-corrected chi connectivity index (χ0v) is 7.66. The highest BCUT2D eigenvalue weighted by Gasteiger charge is 2.58. The van der Waals surface area contributed by atoms with Crippen LogP contribution in [0.2, 0.25) is 0 Å². The Morgan fingerprint density at radius 2 is 1.92 bits per heavy atom. The average molecular weight is 178 g/mol. The molecule has 0 saturated heterocycles. The zero-order chi connectivity index (χ0) is 9.00. The van der Waals surface area contributed by atoms with Gasteiger partial charge in [-0.1, -0.05) is 12.8 Å². The van der Waals surface area contributed by atoms with E-state index in [9.17, 15) is 9.59 Å². The molecule has 3 saturated carbocycles. The van der Waals surface area contributed by atoms with Crippen molar-refractivity contribution in [3.63, 3.8) is 0 Å². The Morgan fingerprint density at radius 1 is 1.08 bits per heavy atom. The molecule has 4 atom stereocenters. The second kappa shape index (κ2) is 2.43. The molecule has 0 aromatic carbocycles. The first-order chi connectivity index (χ1) is 6.29. The Morgan fingerprint density at radius 3 is 2.77 bits per heavy atom. The predicted molar refractivity (Wildman–Crippen MR) is 47.1 cm³/mol. The van der Waals surface area contributed by atoms with Crippen LogP contribution in [0.1, 0.15) is 32.1 Å². The van der Waals surface area contributed by atoms with Crippen LogP contribution in [0.5, 0.6) is 0 Å². The third-order valence-electron chi connectivity index (χ3n) is 4.26.